The van der Waals surface area contributed by atoms with E-state index in [4.69, 9.17) is 69.3 Å². The lowest BCUT2D eigenvalue weighted by Crippen LogP contribution is -2.26. The third-order valence-corrected chi connectivity index (χ3v) is 23.0. The number of aryl methyl sites for hydroxylation is 4. The average Bonchev–Trinajstić information content (AvgIpc) is 0.951. The van der Waals surface area contributed by atoms with E-state index in [0.29, 0.717) is 122 Å². The lowest BCUT2D eigenvalue weighted by Gasteiger charge is -2.14. The lowest BCUT2D eigenvalue weighted by molar-refractivity contribution is 0.0938. The Morgan fingerprint density at radius 1 is 0.377 bits per heavy atom. The third kappa shape index (κ3) is 21.0. The summed E-state index contributed by atoms with van der Waals surface area (Å²) in [6, 6.07) is 52.3. The van der Waals surface area contributed by atoms with Crippen LogP contribution in [0.2, 0.25) is 20.1 Å². The number of carbonyl (C=O) groups excluding carboxylic acids is 4. The zero-order valence-electron chi connectivity index (χ0n) is 72.7. The topological polar surface area (TPSA) is 462 Å². The van der Waals surface area contributed by atoms with E-state index in [-0.39, 0.29) is 95.5 Å². The van der Waals surface area contributed by atoms with Crippen LogP contribution in [-0.2, 0) is 40.3 Å². The standard InChI is InChI=1S/2C25H19ClFN7O.C23H18ClFN8O.C23H17ClFN7OS/c1-34-10-8-19(33-34)22-21(16-11-15-3-2-9-29-20(15)18(26)12-16)31-23(24(28)32-22)25(35)30-13-14-4-6-17(27)7-5-14;1-14-8-10-34(33-14)24-21(17-11-16-3-2-9-29-20(16)19(26)12-17)31-22(23(28)32-24)25(35)30-13-15-4-6-18(27)7-5-15;1-12-6-7-33(32-12)22-19(14-8-15-11-28-31-18(15)17(24)9-14)29-20(21(26)30-22)23(34)27-10-13-2-4-16(25)5-3-13;1-32-7-6-16(31-32)20-18(13-8-15(24)19-17(9-13)34-11-28-19)29-21(22(26)30-20)23(33)27-10-12-2-4-14(25)5-3-12/h2*2-12H,13H2,1H3,(H2,28,32)(H,30,35);2-9,11H,10H2,1H3,(H2,26,30)(H,27,34)(H,28,31);2-9,11H,10H2,1H3,(H2,26,30)(H,27,33). The molecule has 8 aromatic carbocycles. The number of H-pyrrole nitrogens is 1. The highest BCUT2D eigenvalue weighted by atomic mass is 35.5. The van der Waals surface area contributed by atoms with Crippen molar-refractivity contribution in [1.29, 1.82) is 0 Å². The summed E-state index contributed by atoms with van der Waals surface area (Å²) in [5, 5.41) is 39.8. The van der Waals surface area contributed by atoms with Crippen molar-refractivity contribution in [2.45, 2.75) is 40.0 Å². The fourth-order valence-electron chi connectivity index (χ4n) is 14.3. The third-order valence-electron chi connectivity index (χ3n) is 21.1. The van der Waals surface area contributed by atoms with E-state index in [0.717, 1.165) is 54.5 Å². The first-order chi connectivity index (χ1) is 66.5. The molecule has 20 aromatic rings. The molecule has 138 heavy (non-hydrogen) atoms. The van der Waals surface area contributed by atoms with Crippen molar-refractivity contribution in [2.24, 2.45) is 14.1 Å². The summed E-state index contributed by atoms with van der Waals surface area (Å²) >= 11 is 27.4. The van der Waals surface area contributed by atoms with Gasteiger partial charge in [-0.1, -0.05) is 107 Å². The molecule has 0 aliphatic rings. The molecule has 0 fully saturated rings. The van der Waals surface area contributed by atoms with Gasteiger partial charge in [-0.3, -0.25) is 43.6 Å². The number of aromatic nitrogens is 21. The molecule has 0 saturated carbocycles. The number of hydrogen-bond donors (Lipinski definition) is 9. The van der Waals surface area contributed by atoms with E-state index in [1.807, 2.05) is 74.5 Å². The number of pyridine rings is 2. The molecule has 0 aliphatic heterocycles. The van der Waals surface area contributed by atoms with Crippen LogP contribution in [0.5, 0.6) is 0 Å². The molecule has 4 amide bonds. The molecule has 0 radical (unpaired) electrons. The number of hydrogen-bond acceptors (Lipinski definition) is 25. The minimum atomic E-state index is -0.519. The fraction of sp³-hybridized carbons (Fsp3) is 0.0833. The summed E-state index contributed by atoms with van der Waals surface area (Å²) in [5.74, 6) is -2.95. The van der Waals surface area contributed by atoms with Gasteiger partial charge in [-0.25, -0.2) is 71.8 Å². The van der Waals surface area contributed by atoms with Crippen molar-refractivity contribution in [3.8, 4) is 79.4 Å². The maximum Gasteiger partial charge on any atom is 0.274 e. The summed E-state index contributed by atoms with van der Waals surface area (Å²) in [4.78, 5) is 101. The number of nitrogens with zero attached hydrogens (tertiary/aromatic N) is 20. The first kappa shape index (κ1) is 92.9. The van der Waals surface area contributed by atoms with E-state index in [1.54, 1.807) is 167 Å². The second-order valence-electron chi connectivity index (χ2n) is 30.9. The van der Waals surface area contributed by atoms with Gasteiger partial charge in [0.25, 0.3) is 23.6 Å². The molecule has 688 valence electrons. The SMILES string of the molecule is Cc1ccn(-c2nc(N)c(C(=O)NCc3ccc(F)cc3)nc2-c2cc(Cl)c3[nH]ncc3c2)n1.Cc1ccn(-c2nc(N)c(C(=O)NCc3ccc(F)cc3)nc2-c2cc(Cl)c3ncccc3c2)n1.Cn1ccc(-c2nc(N)c(C(=O)NCc3ccc(F)cc3)nc2-c2cc(Cl)c3ncccc3c2)n1.Cn1ccc(-c2nc(N)c(C(=O)NCc3ccc(F)cc3)nc2-c2cc(Cl)c3ncsc3c2)n1. The van der Waals surface area contributed by atoms with E-state index in [2.05, 4.69) is 107 Å². The monoisotopic (exact) mass is 1940 g/mol. The minimum absolute atomic E-state index is 0.0303. The Bertz CT molecular complexity index is 7600. The van der Waals surface area contributed by atoms with Crippen LogP contribution in [0.3, 0.4) is 0 Å². The molecule has 0 spiro atoms. The molecule has 12 heterocycles. The van der Waals surface area contributed by atoms with Gasteiger partial charge in [-0.15, -0.1) is 11.3 Å². The van der Waals surface area contributed by atoms with E-state index >= 15 is 0 Å². The van der Waals surface area contributed by atoms with Gasteiger partial charge in [-0.05, 0) is 170 Å². The zero-order chi connectivity index (χ0) is 96.7. The van der Waals surface area contributed by atoms with Gasteiger partial charge in [0.15, 0.2) is 57.7 Å². The van der Waals surface area contributed by atoms with Gasteiger partial charge in [0.1, 0.15) is 57.4 Å². The summed E-state index contributed by atoms with van der Waals surface area (Å²) in [5.41, 5.74) is 39.3. The van der Waals surface area contributed by atoms with Crippen LogP contribution in [-0.4, -0.2) is 128 Å². The number of nitrogens with one attached hydrogen (secondary N) is 5. The molecule has 12 aromatic heterocycles. The van der Waals surface area contributed by atoms with Crippen molar-refractivity contribution >= 4 is 148 Å². The number of carbonyl (C=O) groups is 4. The number of nitrogens with two attached hydrogens (primary N) is 4. The molecular weight excluding hydrogens is 1870 g/mol. The molecule has 0 saturated heterocycles. The number of thiazole rings is 1. The first-order valence-electron chi connectivity index (χ1n) is 41.7. The predicted molar refractivity (Wildman–Crippen MR) is 519 cm³/mol. The molecular formula is C96H73Cl4F4N29O4S. The van der Waals surface area contributed by atoms with E-state index in [1.165, 1.54) is 59.9 Å². The molecule has 0 atom stereocenters. The normalized spacial score (nSPS) is 11.1. The Morgan fingerprint density at radius 3 is 1.09 bits per heavy atom. The largest absolute Gasteiger partial charge is 0.382 e. The number of aromatic amines is 1. The smallest absolute Gasteiger partial charge is 0.274 e. The van der Waals surface area contributed by atoms with Crippen molar-refractivity contribution in [3.63, 3.8) is 0 Å². The number of benzene rings is 8. The molecule has 0 unspecified atom stereocenters. The molecule has 33 nitrogen and oxygen atoms in total. The number of rotatable bonds is 20. The highest BCUT2D eigenvalue weighted by Gasteiger charge is 2.29. The maximum absolute atomic E-state index is 13.2. The number of anilines is 4. The van der Waals surface area contributed by atoms with Crippen LogP contribution in [0.15, 0.2) is 243 Å². The van der Waals surface area contributed by atoms with Crippen molar-refractivity contribution < 1.29 is 36.7 Å². The number of fused-ring (bicyclic) bond motifs is 4. The molecule has 0 bridgehead atoms. The Morgan fingerprint density at radius 2 is 0.725 bits per heavy atom. The van der Waals surface area contributed by atoms with Crippen LogP contribution in [0.4, 0.5) is 40.8 Å². The second kappa shape index (κ2) is 40.5. The lowest BCUT2D eigenvalue weighted by atomic mass is 10.0. The summed E-state index contributed by atoms with van der Waals surface area (Å²) < 4.78 is 59.9. The van der Waals surface area contributed by atoms with Crippen molar-refractivity contribution in [2.75, 3.05) is 22.9 Å². The maximum atomic E-state index is 13.2. The minimum Gasteiger partial charge on any atom is -0.382 e. The predicted octanol–water partition coefficient (Wildman–Crippen LogP) is 17.2. The summed E-state index contributed by atoms with van der Waals surface area (Å²) in [6.07, 6.45) is 12.0. The number of halogens is 8. The number of amides is 4. The van der Waals surface area contributed by atoms with Gasteiger partial charge in [-0.2, -0.15) is 25.5 Å². The highest BCUT2D eigenvalue weighted by molar-refractivity contribution is 7.16. The van der Waals surface area contributed by atoms with Crippen LogP contribution >= 0.6 is 57.7 Å². The van der Waals surface area contributed by atoms with Crippen molar-refractivity contribution in [3.05, 3.63) is 343 Å². The van der Waals surface area contributed by atoms with Crippen LogP contribution < -0.4 is 44.2 Å². The molecule has 0 aliphatic carbocycles. The van der Waals surface area contributed by atoms with Gasteiger partial charge in [0, 0.05) is 116 Å². The summed E-state index contributed by atoms with van der Waals surface area (Å²) in [7, 11) is 3.58. The Balaban J connectivity index is 0.000000127. The fourth-order valence-corrected chi connectivity index (χ4v) is 16.2. The van der Waals surface area contributed by atoms with Crippen LogP contribution in [0.1, 0.15) is 75.6 Å². The second-order valence-corrected chi connectivity index (χ2v) is 33.4. The first-order valence-corrected chi connectivity index (χ1v) is 44.1. The van der Waals surface area contributed by atoms with Gasteiger partial charge in [0.2, 0.25) is 0 Å². The van der Waals surface area contributed by atoms with E-state index < -0.39 is 23.6 Å². The van der Waals surface area contributed by atoms with Gasteiger partial charge in [0.05, 0.1) is 81.3 Å². The molecule has 42 heteroatoms. The molecule has 13 N–H and O–H groups in total. The van der Waals surface area contributed by atoms with Crippen LogP contribution in [0.25, 0.3) is 122 Å². The van der Waals surface area contributed by atoms with Gasteiger partial charge < -0.3 is 44.2 Å². The van der Waals surface area contributed by atoms with Crippen molar-refractivity contribution in [1.82, 2.24) is 125 Å². The quantitative estimate of drug-likeness (QED) is 0.0320. The zero-order valence-corrected chi connectivity index (χ0v) is 76.6. The Labute approximate surface area is 803 Å². The Hall–Kier alpha value is -16.9. The molecule has 20 rings (SSSR count). The van der Waals surface area contributed by atoms with Gasteiger partial charge >= 0.3 is 0 Å². The Kier molecular flexibility index (Phi) is 27.2. The number of nitrogen functional groups attached to an aromatic ring is 4. The van der Waals surface area contributed by atoms with Crippen LogP contribution in [0, 0.1) is 37.1 Å². The van der Waals surface area contributed by atoms with E-state index in [9.17, 15) is 36.7 Å². The average molecular weight is 1950 g/mol. The highest BCUT2D eigenvalue weighted by Crippen LogP contribution is 2.40. The summed E-state index contributed by atoms with van der Waals surface area (Å²) in [6.45, 7) is 4.38.